The summed E-state index contributed by atoms with van der Waals surface area (Å²) in [6, 6.07) is 3.90. The summed E-state index contributed by atoms with van der Waals surface area (Å²) >= 11 is 0. The third kappa shape index (κ3) is 1.97. The number of aromatic nitrogens is 1. The SMILES string of the molecule is Cc1nc(N2CCOCC2(C)C)ccc1N. The van der Waals surface area contributed by atoms with E-state index in [0.29, 0.717) is 0 Å². The average molecular weight is 221 g/mol. The van der Waals surface area contributed by atoms with Gasteiger partial charge in [-0.25, -0.2) is 4.98 Å². The number of ether oxygens (including phenoxy) is 1. The second-order valence-corrected chi connectivity index (χ2v) is 4.86. The van der Waals surface area contributed by atoms with Crippen molar-refractivity contribution in [3.63, 3.8) is 0 Å². The normalized spacial score (nSPS) is 19.8. The van der Waals surface area contributed by atoms with Crippen LogP contribution < -0.4 is 10.6 Å². The van der Waals surface area contributed by atoms with E-state index in [-0.39, 0.29) is 5.54 Å². The molecule has 1 fully saturated rings. The quantitative estimate of drug-likeness (QED) is 0.782. The predicted molar refractivity (Wildman–Crippen MR) is 65.6 cm³/mol. The van der Waals surface area contributed by atoms with Crippen LogP contribution in [0.2, 0.25) is 0 Å². The van der Waals surface area contributed by atoms with Gasteiger partial charge in [-0.05, 0) is 32.9 Å². The van der Waals surface area contributed by atoms with Gasteiger partial charge in [0, 0.05) is 6.54 Å². The first kappa shape index (κ1) is 11.2. The Kier molecular flexibility index (Phi) is 2.76. The van der Waals surface area contributed by atoms with Gasteiger partial charge in [-0.15, -0.1) is 0 Å². The van der Waals surface area contributed by atoms with Crippen LogP contribution in [0.1, 0.15) is 19.5 Å². The number of aryl methyl sites for hydroxylation is 1. The van der Waals surface area contributed by atoms with Crippen molar-refractivity contribution in [2.45, 2.75) is 26.3 Å². The Morgan fingerprint density at radius 1 is 1.44 bits per heavy atom. The van der Waals surface area contributed by atoms with E-state index in [4.69, 9.17) is 10.5 Å². The molecule has 1 aromatic heterocycles. The maximum atomic E-state index is 5.78. The molecule has 0 atom stereocenters. The van der Waals surface area contributed by atoms with Crippen molar-refractivity contribution in [3.05, 3.63) is 17.8 Å². The molecule has 88 valence electrons. The lowest BCUT2D eigenvalue weighted by Gasteiger charge is -2.43. The summed E-state index contributed by atoms with van der Waals surface area (Å²) in [5.74, 6) is 0.986. The lowest BCUT2D eigenvalue weighted by molar-refractivity contribution is 0.0639. The van der Waals surface area contributed by atoms with E-state index in [2.05, 4.69) is 23.7 Å². The minimum atomic E-state index is -0.00615. The van der Waals surface area contributed by atoms with Crippen LogP contribution in [0.5, 0.6) is 0 Å². The van der Waals surface area contributed by atoms with Gasteiger partial charge in [0.05, 0.1) is 30.1 Å². The minimum absolute atomic E-state index is 0.00615. The van der Waals surface area contributed by atoms with Crippen LogP contribution in [0.25, 0.3) is 0 Å². The molecule has 4 heteroatoms. The standard InChI is InChI=1S/C12H19N3O/c1-9-10(13)4-5-11(14-9)15-6-7-16-8-12(15,2)3/h4-5H,6-8,13H2,1-3H3. The smallest absolute Gasteiger partial charge is 0.129 e. The minimum Gasteiger partial charge on any atom is -0.397 e. The third-order valence-electron chi connectivity index (χ3n) is 3.03. The van der Waals surface area contributed by atoms with Crippen LogP contribution in [-0.2, 0) is 4.74 Å². The lowest BCUT2D eigenvalue weighted by atomic mass is 10.0. The molecule has 0 aromatic carbocycles. The van der Waals surface area contributed by atoms with E-state index in [1.165, 1.54) is 0 Å². The molecule has 1 saturated heterocycles. The van der Waals surface area contributed by atoms with Gasteiger partial charge in [0.25, 0.3) is 0 Å². The molecule has 0 aliphatic carbocycles. The van der Waals surface area contributed by atoms with Crippen LogP contribution in [-0.4, -0.2) is 30.3 Å². The average Bonchev–Trinajstić information content (AvgIpc) is 2.22. The van der Waals surface area contributed by atoms with Gasteiger partial charge in [0.15, 0.2) is 0 Å². The van der Waals surface area contributed by atoms with Gasteiger partial charge in [-0.3, -0.25) is 0 Å². The molecular formula is C12H19N3O. The second-order valence-electron chi connectivity index (χ2n) is 4.86. The predicted octanol–water partition coefficient (Wildman–Crippen LogP) is 1.59. The first-order valence-electron chi connectivity index (χ1n) is 5.59. The van der Waals surface area contributed by atoms with Crippen molar-refractivity contribution in [1.82, 2.24) is 4.98 Å². The Hall–Kier alpha value is -1.29. The van der Waals surface area contributed by atoms with Crippen molar-refractivity contribution in [2.75, 3.05) is 30.4 Å². The molecule has 4 nitrogen and oxygen atoms in total. The van der Waals surface area contributed by atoms with Gasteiger partial charge in [0.2, 0.25) is 0 Å². The molecule has 0 amide bonds. The van der Waals surface area contributed by atoms with E-state index >= 15 is 0 Å². The maximum Gasteiger partial charge on any atom is 0.129 e. The second kappa shape index (κ2) is 3.94. The van der Waals surface area contributed by atoms with Crippen molar-refractivity contribution in [3.8, 4) is 0 Å². The fourth-order valence-electron chi connectivity index (χ4n) is 1.99. The van der Waals surface area contributed by atoms with E-state index in [1.807, 2.05) is 19.1 Å². The zero-order valence-electron chi connectivity index (χ0n) is 10.2. The molecule has 1 aliphatic heterocycles. The summed E-state index contributed by atoms with van der Waals surface area (Å²) in [6.45, 7) is 8.64. The van der Waals surface area contributed by atoms with E-state index in [0.717, 1.165) is 37.0 Å². The summed E-state index contributed by atoms with van der Waals surface area (Å²) in [5, 5.41) is 0. The van der Waals surface area contributed by atoms with Crippen LogP contribution in [0, 0.1) is 6.92 Å². The van der Waals surface area contributed by atoms with Crippen LogP contribution >= 0.6 is 0 Å². The molecular weight excluding hydrogens is 202 g/mol. The largest absolute Gasteiger partial charge is 0.397 e. The molecule has 1 aliphatic rings. The summed E-state index contributed by atoms with van der Waals surface area (Å²) in [6.07, 6.45) is 0. The van der Waals surface area contributed by atoms with Gasteiger partial charge < -0.3 is 15.4 Å². The molecule has 0 unspecified atom stereocenters. The molecule has 2 heterocycles. The van der Waals surface area contributed by atoms with Gasteiger partial charge >= 0.3 is 0 Å². The summed E-state index contributed by atoms with van der Waals surface area (Å²) < 4.78 is 5.50. The number of nitrogens with zero attached hydrogens (tertiary/aromatic N) is 2. The first-order chi connectivity index (χ1) is 7.50. The molecule has 1 aromatic rings. The summed E-state index contributed by atoms with van der Waals surface area (Å²) in [4.78, 5) is 6.82. The van der Waals surface area contributed by atoms with Crippen molar-refractivity contribution < 1.29 is 4.74 Å². The van der Waals surface area contributed by atoms with Crippen LogP contribution in [0.3, 0.4) is 0 Å². The maximum absolute atomic E-state index is 5.78. The lowest BCUT2D eigenvalue weighted by Crippen LogP contribution is -2.53. The van der Waals surface area contributed by atoms with E-state index in [1.54, 1.807) is 0 Å². The Labute approximate surface area is 96.4 Å². The van der Waals surface area contributed by atoms with Gasteiger partial charge in [-0.1, -0.05) is 0 Å². The van der Waals surface area contributed by atoms with Crippen molar-refractivity contribution in [1.29, 1.82) is 0 Å². The van der Waals surface area contributed by atoms with E-state index < -0.39 is 0 Å². The van der Waals surface area contributed by atoms with E-state index in [9.17, 15) is 0 Å². The molecule has 0 radical (unpaired) electrons. The van der Waals surface area contributed by atoms with Crippen molar-refractivity contribution >= 4 is 11.5 Å². The molecule has 0 bridgehead atoms. The molecule has 16 heavy (non-hydrogen) atoms. The zero-order chi connectivity index (χ0) is 11.8. The van der Waals surface area contributed by atoms with Gasteiger partial charge in [-0.2, -0.15) is 0 Å². The van der Waals surface area contributed by atoms with Crippen LogP contribution in [0.15, 0.2) is 12.1 Å². The zero-order valence-corrected chi connectivity index (χ0v) is 10.2. The number of hydrogen-bond acceptors (Lipinski definition) is 4. The third-order valence-corrected chi connectivity index (χ3v) is 3.03. The Morgan fingerprint density at radius 3 is 2.81 bits per heavy atom. The number of anilines is 2. The highest BCUT2D eigenvalue weighted by atomic mass is 16.5. The number of pyridine rings is 1. The number of hydrogen-bond donors (Lipinski definition) is 1. The summed E-state index contributed by atoms with van der Waals surface area (Å²) in [7, 11) is 0. The Bertz CT molecular complexity index is 390. The first-order valence-corrected chi connectivity index (χ1v) is 5.59. The number of nitrogens with two attached hydrogens (primary N) is 1. The molecule has 2 rings (SSSR count). The highest BCUT2D eigenvalue weighted by Crippen LogP contribution is 2.26. The number of rotatable bonds is 1. The molecule has 0 spiro atoms. The van der Waals surface area contributed by atoms with Crippen molar-refractivity contribution in [2.24, 2.45) is 0 Å². The van der Waals surface area contributed by atoms with Crippen LogP contribution in [0.4, 0.5) is 11.5 Å². The highest BCUT2D eigenvalue weighted by Gasteiger charge is 2.31. The fourth-order valence-corrected chi connectivity index (χ4v) is 1.99. The van der Waals surface area contributed by atoms with Gasteiger partial charge in [0.1, 0.15) is 5.82 Å². The molecule has 0 saturated carbocycles. The summed E-state index contributed by atoms with van der Waals surface area (Å²) in [5.41, 5.74) is 7.41. The highest BCUT2D eigenvalue weighted by molar-refractivity contribution is 5.51. The topological polar surface area (TPSA) is 51.4 Å². The number of morpholine rings is 1. The Morgan fingerprint density at radius 2 is 2.19 bits per heavy atom. The fraction of sp³-hybridized carbons (Fsp3) is 0.583. The Balaban J connectivity index is 2.31. The molecule has 2 N–H and O–H groups in total. The number of nitrogen functional groups attached to an aromatic ring is 1. The monoisotopic (exact) mass is 221 g/mol.